The third-order valence-corrected chi connectivity index (χ3v) is 5.31. The van der Waals surface area contributed by atoms with Crippen molar-refractivity contribution in [2.75, 3.05) is 7.11 Å². The number of pyridine rings is 1. The summed E-state index contributed by atoms with van der Waals surface area (Å²) in [5.41, 5.74) is 11.5. The highest BCUT2D eigenvalue weighted by molar-refractivity contribution is 6.00. The molecule has 4 aromatic rings. The molecule has 0 fully saturated rings. The van der Waals surface area contributed by atoms with Gasteiger partial charge in [-0.15, -0.1) is 0 Å². The average molecular weight is 473 g/mol. The molecule has 0 aliphatic carbocycles. The zero-order valence-electron chi connectivity index (χ0n) is 18.9. The number of nitrogens with zero attached hydrogens (tertiary/aromatic N) is 3. The fourth-order valence-electron chi connectivity index (χ4n) is 3.50. The summed E-state index contributed by atoms with van der Waals surface area (Å²) in [7, 11) is 1.55. The van der Waals surface area contributed by atoms with Crippen molar-refractivity contribution in [1.29, 1.82) is 0 Å². The molecule has 1 unspecified atom stereocenters. The van der Waals surface area contributed by atoms with Crippen molar-refractivity contribution in [2.45, 2.75) is 13.0 Å². The molecule has 0 radical (unpaired) electrons. The van der Waals surface area contributed by atoms with Gasteiger partial charge in [0.2, 0.25) is 12.3 Å². The Morgan fingerprint density at radius 1 is 1.23 bits per heavy atom. The minimum Gasteiger partial charge on any atom is -0.507 e. The van der Waals surface area contributed by atoms with Gasteiger partial charge in [0.25, 0.3) is 5.91 Å². The Morgan fingerprint density at radius 3 is 2.83 bits per heavy atom. The summed E-state index contributed by atoms with van der Waals surface area (Å²) in [6.07, 6.45) is 2.02. The molecule has 0 bridgehead atoms. The number of carbonyl (C=O) groups is 2. The molecule has 0 spiro atoms. The van der Waals surface area contributed by atoms with E-state index in [1.807, 2.05) is 6.07 Å². The topological polar surface area (TPSA) is 168 Å². The van der Waals surface area contributed by atoms with Crippen LogP contribution >= 0.6 is 0 Å². The first kappa shape index (κ1) is 23.2. The Labute approximate surface area is 200 Å². The van der Waals surface area contributed by atoms with Crippen LogP contribution in [0.4, 0.5) is 0 Å². The van der Waals surface area contributed by atoms with Crippen molar-refractivity contribution < 1.29 is 19.4 Å². The number of amidine groups is 1. The Bertz CT molecular complexity index is 1430. The molecule has 0 saturated heterocycles. The number of ether oxygens (including phenoxy) is 1. The summed E-state index contributed by atoms with van der Waals surface area (Å²) in [6, 6.07) is 13.2. The van der Waals surface area contributed by atoms with Crippen LogP contribution in [0.3, 0.4) is 0 Å². The van der Waals surface area contributed by atoms with Crippen molar-refractivity contribution in [3.8, 4) is 34.1 Å². The number of carbonyl (C=O) groups excluding carboxylic acids is 2. The second-order valence-electron chi connectivity index (χ2n) is 7.59. The maximum Gasteiger partial charge on any atom is 0.251 e. The van der Waals surface area contributed by atoms with E-state index in [4.69, 9.17) is 10.5 Å². The number of hydrazone groups is 1. The van der Waals surface area contributed by atoms with Crippen LogP contribution < -0.4 is 21.2 Å². The zero-order chi connectivity index (χ0) is 24.9. The highest BCUT2D eigenvalue weighted by atomic mass is 16.5. The van der Waals surface area contributed by atoms with Gasteiger partial charge in [-0.1, -0.05) is 6.07 Å². The number of fused-ring (bicyclic) bond motifs is 1. The van der Waals surface area contributed by atoms with Crippen LogP contribution in [-0.4, -0.2) is 51.4 Å². The van der Waals surface area contributed by atoms with Gasteiger partial charge < -0.3 is 25.9 Å². The fourth-order valence-corrected chi connectivity index (χ4v) is 3.50. The number of amides is 2. The van der Waals surface area contributed by atoms with E-state index in [1.165, 1.54) is 0 Å². The number of imidazole rings is 1. The molecule has 11 nitrogen and oxygen atoms in total. The first-order valence-corrected chi connectivity index (χ1v) is 10.6. The Kier molecular flexibility index (Phi) is 6.58. The lowest BCUT2D eigenvalue weighted by Gasteiger charge is -2.13. The van der Waals surface area contributed by atoms with Gasteiger partial charge in [-0.3, -0.25) is 9.59 Å². The van der Waals surface area contributed by atoms with Gasteiger partial charge in [-0.25, -0.2) is 15.4 Å². The molecule has 2 heterocycles. The van der Waals surface area contributed by atoms with Crippen LogP contribution in [0, 0.1) is 0 Å². The van der Waals surface area contributed by atoms with Crippen LogP contribution in [0.25, 0.3) is 33.5 Å². The Morgan fingerprint density at radius 2 is 2.06 bits per heavy atom. The number of H-pyrrole nitrogens is 1. The normalized spacial score (nSPS) is 12.2. The molecule has 0 aliphatic heterocycles. The van der Waals surface area contributed by atoms with Crippen LogP contribution in [0.1, 0.15) is 17.3 Å². The molecule has 11 heteroatoms. The van der Waals surface area contributed by atoms with Gasteiger partial charge in [0.1, 0.15) is 17.4 Å². The summed E-state index contributed by atoms with van der Waals surface area (Å²) in [5, 5.41) is 16.9. The molecular weight excluding hydrogens is 450 g/mol. The van der Waals surface area contributed by atoms with E-state index in [-0.39, 0.29) is 17.5 Å². The first-order valence-electron chi connectivity index (χ1n) is 10.6. The molecule has 2 aromatic heterocycles. The summed E-state index contributed by atoms with van der Waals surface area (Å²) >= 11 is 0. The van der Waals surface area contributed by atoms with Crippen molar-refractivity contribution in [2.24, 2.45) is 10.8 Å². The van der Waals surface area contributed by atoms with Gasteiger partial charge in [0.05, 0.1) is 29.7 Å². The molecule has 35 heavy (non-hydrogen) atoms. The molecule has 0 aliphatic rings. The number of methoxy groups -OCH3 is 1. The quantitative estimate of drug-likeness (QED) is 0.113. The molecule has 0 saturated carbocycles. The molecular formula is C24H23N7O4. The number of phenolic OH excluding ortho intramolecular Hbond substituents is 1. The predicted octanol–water partition coefficient (Wildman–Crippen LogP) is 2.14. The van der Waals surface area contributed by atoms with Gasteiger partial charge >= 0.3 is 0 Å². The van der Waals surface area contributed by atoms with E-state index in [0.717, 1.165) is 11.1 Å². The van der Waals surface area contributed by atoms with Gasteiger partial charge in [0.15, 0.2) is 0 Å². The number of aromatic amines is 1. The van der Waals surface area contributed by atoms with E-state index >= 15 is 0 Å². The highest BCUT2D eigenvalue weighted by Crippen LogP contribution is 2.35. The van der Waals surface area contributed by atoms with Crippen molar-refractivity contribution >= 4 is 29.2 Å². The minimum absolute atomic E-state index is 0.0427. The van der Waals surface area contributed by atoms with Gasteiger partial charge in [0, 0.05) is 17.3 Å². The summed E-state index contributed by atoms with van der Waals surface area (Å²) in [5.74, 6) is 0.612. The van der Waals surface area contributed by atoms with E-state index < -0.39 is 6.04 Å². The number of benzene rings is 2. The van der Waals surface area contributed by atoms with Crippen molar-refractivity contribution in [3.05, 3.63) is 60.3 Å². The molecule has 2 amide bonds. The maximum absolute atomic E-state index is 12.7. The first-order chi connectivity index (χ1) is 16.9. The predicted molar refractivity (Wildman–Crippen MR) is 131 cm³/mol. The van der Waals surface area contributed by atoms with Crippen LogP contribution in [0.15, 0.2) is 59.8 Å². The lowest BCUT2D eigenvalue weighted by Crippen LogP contribution is -2.43. The number of aromatic hydroxyl groups is 1. The van der Waals surface area contributed by atoms with E-state index in [2.05, 4.69) is 30.8 Å². The smallest absolute Gasteiger partial charge is 0.251 e. The lowest BCUT2D eigenvalue weighted by atomic mass is 10.0. The van der Waals surface area contributed by atoms with Gasteiger partial charge in [-0.2, -0.15) is 5.10 Å². The Balaban J connectivity index is 1.64. The number of rotatable bonds is 8. The fraction of sp³-hybridized carbons (Fsp3) is 0.125. The number of nitrogens with one attached hydrogen (secondary N) is 3. The molecule has 178 valence electrons. The molecule has 4 rings (SSSR count). The maximum atomic E-state index is 12.7. The minimum atomic E-state index is -0.605. The summed E-state index contributed by atoms with van der Waals surface area (Å²) in [4.78, 5) is 35.0. The number of nitrogens with two attached hydrogens (primary N) is 1. The SMILES string of the molecule is COc1ncccc1-c1ccc(O)c(-c2nc3ccc(C(=O)NC(C)/C(N)=N/NC=O)cc3[nH]2)c1. The summed E-state index contributed by atoms with van der Waals surface area (Å²) < 4.78 is 5.35. The van der Waals surface area contributed by atoms with Crippen molar-refractivity contribution in [3.63, 3.8) is 0 Å². The third-order valence-electron chi connectivity index (χ3n) is 5.31. The lowest BCUT2D eigenvalue weighted by molar-refractivity contribution is -0.109. The van der Waals surface area contributed by atoms with Crippen molar-refractivity contribution in [1.82, 2.24) is 25.7 Å². The molecule has 2 aromatic carbocycles. The number of hydrogen-bond donors (Lipinski definition) is 5. The van der Waals surface area contributed by atoms with E-state index in [0.29, 0.717) is 40.3 Å². The second-order valence-corrected chi connectivity index (χ2v) is 7.59. The standard InChI is InChI=1S/C24H23N7O4/c1-13(21(25)31-27-12-32)28-23(34)15-5-7-18-19(11-15)30-22(29-18)17-10-14(6-8-20(17)33)16-4-3-9-26-24(16)35-2/h3-13,33H,1-2H3,(H2,25,31)(H,27,32)(H,28,34)(H,29,30). The number of hydrogen-bond acceptors (Lipinski definition) is 7. The van der Waals surface area contributed by atoms with Crippen LogP contribution in [0.2, 0.25) is 0 Å². The average Bonchev–Trinajstić information content (AvgIpc) is 3.30. The third kappa shape index (κ3) is 4.88. The highest BCUT2D eigenvalue weighted by Gasteiger charge is 2.16. The Hall–Kier alpha value is -4.93. The number of phenols is 1. The van der Waals surface area contributed by atoms with Crippen LogP contribution in [0.5, 0.6) is 11.6 Å². The van der Waals surface area contributed by atoms with Crippen LogP contribution in [-0.2, 0) is 4.79 Å². The van der Waals surface area contributed by atoms with Gasteiger partial charge in [-0.05, 0) is 55.0 Å². The molecule has 6 N–H and O–H groups in total. The second kappa shape index (κ2) is 9.91. The monoisotopic (exact) mass is 473 g/mol. The van der Waals surface area contributed by atoms with E-state index in [9.17, 15) is 14.7 Å². The zero-order valence-corrected chi connectivity index (χ0v) is 18.9. The largest absolute Gasteiger partial charge is 0.507 e. The van der Waals surface area contributed by atoms with E-state index in [1.54, 1.807) is 62.7 Å². The number of aromatic nitrogens is 3. The molecule has 1 atom stereocenters. The summed E-state index contributed by atoms with van der Waals surface area (Å²) in [6.45, 7) is 1.64.